The molecule has 2 nitrogen and oxygen atoms in total. The molecule has 1 heterocycles. The molecule has 0 spiro atoms. The smallest absolute Gasteiger partial charge is 0.113 e. The number of fused-ring (bicyclic) bond motifs is 1. The van der Waals surface area contributed by atoms with Crippen molar-refractivity contribution in [3.05, 3.63) is 55.9 Å². The van der Waals surface area contributed by atoms with Crippen LogP contribution >= 0.6 is 50.5 Å². The van der Waals surface area contributed by atoms with E-state index in [2.05, 4.69) is 32.3 Å². The number of benzene rings is 2. The van der Waals surface area contributed by atoms with Gasteiger partial charge in [0.2, 0.25) is 0 Å². The minimum absolute atomic E-state index is 0.588. The highest BCUT2D eigenvalue weighted by atomic mass is 79.9. The molecular weight excluding hydrogens is 379 g/mol. The van der Waals surface area contributed by atoms with Crippen LogP contribution in [0.25, 0.3) is 10.2 Å². The molecule has 0 bridgehead atoms. The zero-order valence-electron chi connectivity index (χ0n) is 10.2. The highest BCUT2D eigenvalue weighted by Gasteiger charge is 2.09. The van der Waals surface area contributed by atoms with Crippen molar-refractivity contribution in [3.8, 4) is 0 Å². The Morgan fingerprint density at radius 3 is 2.55 bits per heavy atom. The Morgan fingerprint density at radius 2 is 1.85 bits per heavy atom. The molecular formula is C14H9BrCl2N2S. The molecule has 0 radical (unpaired) electrons. The summed E-state index contributed by atoms with van der Waals surface area (Å²) in [6.45, 7) is 0.598. The first-order valence-corrected chi connectivity index (χ1v) is 8.23. The van der Waals surface area contributed by atoms with E-state index in [1.807, 2.05) is 30.3 Å². The third-order valence-corrected chi connectivity index (χ3v) is 4.85. The number of hydrogen-bond acceptors (Lipinski definition) is 3. The maximum Gasteiger partial charge on any atom is 0.113 e. The zero-order chi connectivity index (χ0) is 14.1. The van der Waals surface area contributed by atoms with Crippen LogP contribution in [0.2, 0.25) is 10.0 Å². The van der Waals surface area contributed by atoms with Gasteiger partial charge < -0.3 is 5.32 Å². The minimum Gasteiger partial charge on any atom is -0.376 e. The largest absolute Gasteiger partial charge is 0.376 e. The fraction of sp³-hybridized carbons (Fsp3) is 0.0714. The minimum atomic E-state index is 0.588. The standard InChI is InChI=1S/C14H9BrCl2N2S/c15-8-5-9(16)14(10(17)6-8)18-7-13-19-11-3-1-2-4-12(11)20-13/h1-6,18H,7H2. The van der Waals surface area contributed by atoms with E-state index in [9.17, 15) is 0 Å². The topological polar surface area (TPSA) is 24.9 Å². The average molecular weight is 388 g/mol. The van der Waals surface area contributed by atoms with Crippen molar-refractivity contribution in [3.63, 3.8) is 0 Å². The van der Waals surface area contributed by atoms with E-state index in [1.54, 1.807) is 11.3 Å². The summed E-state index contributed by atoms with van der Waals surface area (Å²) in [6.07, 6.45) is 0. The number of thiazole rings is 1. The first-order valence-electron chi connectivity index (χ1n) is 5.86. The number of anilines is 1. The molecule has 0 amide bonds. The summed E-state index contributed by atoms with van der Waals surface area (Å²) in [4.78, 5) is 4.57. The first kappa shape index (κ1) is 14.1. The Bertz CT molecular complexity index is 717. The lowest BCUT2D eigenvalue weighted by Gasteiger charge is -2.09. The molecule has 20 heavy (non-hydrogen) atoms. The highest BCUT2D eigenvalue weighted by Crippen LogP contribution is 2.34. The van der Waals surface area contributed by atoms with Gasteiger partial charge in [-0.05, 0) is 24.3 Å². The molecule has 0 aliphatic rings. The van der Waals surface area contributed by atoms with Crippen LogP contribution in [-0.2, 0) is 6.54 Å². The Morgan fingerprint density at radius 1 is 1.15 bits per heavy atom. The quantitative estimate of drug-likeness (QED) is 0.598. The van der Waals surface area contributed by atoms with E-state index >= 15 is 0 Å². The maximum absolute atomic E-state index is 6.19. The summed E-state index contributed by atoms with van der Waals surface area (Å²) in [5.74, 6) is 0. The molecule has 1 aromatic heterocycles. The second kappa shape index (κ2) is 5.90. The lowest BCUT2D eigenvalue weighted by molar-refractivity contribution is 1.12. The van der Waals surface area contributed by atoms with Gasteiger partial charge in [0.25, 0.3) is 0 Å². The van der Waals surface area contributed by atoms with E-state index in [-0.39, 0.29) is 0 Å². The van der Waals surface area contributed by atoms with Crippen molar-refractivity contribution in [2.75, 3.05) is 5.32 Å². The molecule has 0 aliphatic heterocycles. The van der Waals surface area contributed by atoms with E-state index in [0.717, 1.165) is 20.7 Å². The van der Waals surface area contributed by atoms with Gasteiger partial charge in [-0.25, -0.2) is 4.98 Å². The highest BCUT2D eigenvalue weighted by molar-refractivity contribution is 9.10. The zero-order valence-corrected chi connectivity index (χ0v) is 14.1. The third kappa shape index (κ3) is 2.93. The predicted molar refractivity (Wildman–Crippen MR) is 91.1 cm³/mol. The molecule has 0 saturated carbocycles. The lowest BCUT2D eigenvalue weighted by Crippen LogP contribution is -2.00. The van der Waals surface area contributed by atoms with Crippen LogP contribution in [0.1, 0.15) is 5.01 Å². The summed E-state index contributed by atoms with van der Waals surface area (Å²) < 4.78 is 2.04. The van der Waals surface area contributed by atoms with Crippen LogP contribution < -0.4 is 5.32 Å². The van der Waals surface area contributed by atoms with Gasteiger partial charge in [-0.1, -0.05) is 51.3 Å². The summed E-state index contributed by atoms with van der Waals surface area (Å²) in [6, 6.07) is 11.7. The molecule has 3 aromatic rings. The number of rotatable bonds is 3. The molecule has 6 heteroatoms. The van der Waals surface area contributed by atoms with Gasteiger partial charge in [0, 0.05) is 4.47 Å². The Labute approximate surface area is 138 Å². The monoisotopic (exact) mass is 386 g/mol. The van der Waals surface area contributed by atoms with Gasteiger partial charge in [-0.3, -0.25) is 0 Å². The molecule has 0 saturated heterocycles. The van der Waals surface area contributed by atoms with Gasteiger partial charge in [-0.15, -0.1) is 11.3 Å². The molecule has 102 valence electrons. The summed E-state index contributed by atoms with van der Waals surface area (Å²) in [5, 5.41) is 5.43. The SMILES string of the molecule is Clc1cc(Br)cc(Cl)c1NCc1nc2ccccc2s1. The summed E-state index contributed by atoms with van der Waals surface area (Å²) in [7, 11) is 0. The van der Waals surface area contributed by atoms with Crippen molar-refractivity contribution in [1.82, 2.24) is 4.98 Å². The van der Waals surface area contributed by atoms with Crippen molar-refractivity contribution in [2.24, 2.45) is 0 Å². The molecule has 0 unspecified atom stereocenters. The van der Waals surface area contributed by atoms with Crippen molar-refractivity contribution in [1.29, 1.82) is 0 Å². The number of nitrogens with zero attached hydrogens (tertiary/aromatic N) is 1. The third-order valence-electron chi connectivity index (χ3n) is 2.76. The van der Waals surface area contributed by atoms with Crippen molar-refractivity contribution < 1.29 is 0 Å². The summed E-state index contributed by atoms with van der Waals surface area (Å²) >= 11 is 17.4. The van der Waals surface area contributed by atoms with Gasteiger partial charge in [0.1, 0.15) is 5.01 Å². The number of hydrogen-bond donors (Lipinski definition) is 1. The van der Waals surface area contributed by atoms with Gasteiger partial charge in [0.05, 0.1) is 32.5 Å². The molecule has 0 atom stereocenters. The van der Waals surface area contributed by atoms with Crippen LogP contribution in [0.4, 0.5) is 5.69 Å². The van der Waals surface area contributed by atoms with E-state index in [0.29, 0.717) is 16.6 Å². The van der Waals surface area contributed by atoms with Gasteiger partial charge >= 0.3 is 0 Å². The summed E-state index contributed by atoms with van der Waals surface area (Å²) in [5.41, 5.74) is 1.75. The van der Waals surface area contributed by atoms with E-state index in [1.165, 1.54) is 4.70 Å². The van der Waals surface area contributed by atoms with Crippen molar-refractivity contribution in [2.45, 2.75) is 6.54 Å². The normalized spacial score (nSPS) is 10.9. The number of nitrogens with one attached hydrogen (secondary N) is 1. The van der Waals surface area contributed by atoms with Gasteiger partial charge in [0.15, 0.2) is 0 Å². The Hall–Kier alpha value is -0.810. The second-order valence-electron chi connectivity index (χ2n) is 4.17. The second-order valence-corrected chi connectivity index (χ2v) is 7.02. The van der Waals surface area contributed by atoms with Crippen LogP contribution in [0, 0.1) is 0 Å². The Kier molecular flexibility index (Phi) is 4.17. The predicted octanol–water partition coefficient (Wildman–Crippen LogP) is 5.98. The van der Waals surface area contributed by atoms with Crippen molar-refractivity contribution >= 4 is 66.4 Å². The molecule has 3 rings (SSSR count). The lowest BCUT2D eigenvalue weighted by atomic mass is 10.3. The van der Waals surface area contributed by atoms with E-state index in [4.69, 9.17) is 23.2 Å². The Balaban J connectivity index is 1.83. The van der Waals surface area contributed by atoms with Crippen LogP contribution in [-0.4, -0.2) is 4.98 Å². The fourth-order valence-electron chi connectivity index (χ4n) is 1.87. The molecule has 1 N–H and O–H groups in total. The number of aromatic nitrogens is 1. The first-order chi connectivity index (χ1) is 9.63. The van der Waals surface area contributed by atoms with E-state index < -0.39 is 0 Å². The number of halogens is 3. The average Bonchev–Trinajstić information content (AvgIpc) is 2.80. The van der Waals surface area contributed by atoms with Crippen LogP contribution in [0.15, 0.2) is 40.9 Å². The van der Waals surface area contributed by atoms with Gasteiger partial charge in [-0.2, -0.15) is 0 Å². The van der Waals surface area contributed by atoms with Crippen LogP contribution in [0.5, 0.6) is 0 Å². The number of para-hydroxylation sites is 1. The molecule has 2 aromatic carbocycles. The fourth-order valence-corrected chi connectivity index (χ4v) is 4.12. The molecule has 0 fully saturated rings. The molecule has 0 aliphatic carbocycles. The van der Waals surface area contributed by atoms with Crippen LogP contribution in [0.3, 0.4) is 0 Å². The maximum atomic E-state index is 6.19.